The molecular formula is C27H20ClNO5. The van der Waals surface area contributed by atoms with E-state index in [-0.39, 0.29) is 23.1 Å². The Labute approximate surface area is 201 Å². The van der Waals surface area contributed by atoms with Gasteiger partial charge in [-0.15, -0.1) is 0 Å². The molecule has 0 atom stereocenters. The highest BCUT2D eigenvalue weighted by Gasteiger charge is 2.12. The molecule has 0 saturated heterocycles. The van der Waals surface area contributed by atoms with Gasteiger partial charge in [0.25, 0.3) is 5.69 Å². The van der Waals surface area contributed by atoms with E-state index in [1.165, 1.54) is 24.3 Å². The SMILES string of the molecule is COc1ccc(/C=C/C(=O)c2ccc3ccccc3c2)cc1COc1ccc([N+](=O)[O-])cc1Cl. The summed E-state index contributed by atoms with van der Waals surface area (Å²) in [6, 6.07) is 23.0. The zero-order valence-corrected chi connectivity index (χ0v) is 19.0. The minimum absolute atomic E-state index is 0.1000. The van der Waals surface area contributed by atoms with Crippen LogP contribution >= 0.6 is 11.6 Å². The summed E-state index contributed by atoms with van der Waals surface area (Å²) in [6.07, 6.45) is 3.27. The van der Waals surface area contributed by atoms with Gasteiger partial charge in [0.1, 0.15) is 18.1 Å². The summed E-state index contributed by atoms with van der Waals surface area (Å²) in [5.41, 5.74) is 2.03. The van der Waals surface area contributed by atoms with E-state index >= 15 is 0 Å². The number of carbonyl (C=O) groups excluding carboxylic acids is 1. The third kappa shape index (κ3) is 5.24. The van der Waals surface area contributed by atoms with Gasteiger partial charge < -0.3 is 9.47 Å². The number of rotatable bonds is 8. The van der Waals surface area contributed by atoms with Gasteiger partial charge >= 0.3 is 0 Å². The predicted octanol–water partition coefficient (Wildman–Crippen LogP) is 6.89. The van der Waals surface area contributed by atoms with E-state index in [0.29, 0.717) is 17.1 Å². The van der Waals surface area contributed by atoms with E-state index in [4.69, 9.17) is 21.1 Å². The highest BCUT2D eigenvalue weighted by molar-refractivity contribution is 6.32. The Balaban J connectivity index is 1.50. The topological polar surface area (TPSA) is 78.7 Å². The number of allylic oxidation sites excluding steroid dienone is 1. The number of hydrogen-bond acceptors (Lipinski definition) is 5. The Kier molecular flexibility index (Phi) is 6.90. The van der Waals surface area contributed by atoms with Gasteiger partial charge in [-0.1, -0.05) is 60.1 Å². The zero-order valence-electron chi connectivity index (χ0n) is 18.2. The third-order valence-electron chi connectivity index (χ3n) is 5.28. The van der Waals surface area contributed by atoms with E-state index in [1.807, 2.05) is 54.6 Å². The number of carbonyl (C=O) groups is 1. The van der Waals surface area contributed by atoms with Crippen molar-refractivity contribution >= 4 is 39.9 Å². The second kappa shape index (κ2) is 10.2. The molecule has 6 nitrogen and oxygen atoms in total. The van der Waals surface area contributed by atoms with Crippen molar-refractivity contribution in [2.45, 2.75) is 6.61 Å². The van der Waals surface area contributed by atoms with Crippen LogP contribution in [0.4, 0.5) is 5.69 Å². The van der Waals surface area contributed by atoms with Crippen LogP contribution in [0.5, 0.6) is 11.5 Å². The number of hydrogen-bond donors (Lipinski definition) is 0. The standard InChI is InChI=1S/C27H20ClNO5/c1-33-26-12-7-18(6-11-25(30)21-9-8-19-4-2-3-5-20(19)15-21)14-22(26)17-34-27-13-10-23(29(31)32)16-24(27)28/h2-16H,17H2,1H3/b11-6+. The number of ether oxygens (including phenoxy) is 2. The second-order valence-corrected chi connectivity index (χ2v) is 7.90. The quantitative estimate of drug-likeness (QED) is 0.120. The summed E-state index contributed by atoms with van der Waals surface area (Å²) in [7, 11) is 1.55. The molecular weight excluding hydrogens is 454 g/mol. The Morgan fingerprint density at radius 2 is 1.74 bits per heavy atom. The average Bonchev–Trinajstić information content (AvgIpc) is 2.86. The largest absolute Gasteiger partial charge is 0.496 e. The number of nitro groups is 1. The van der Waals surface area contributed by atoms with Gasteiger partial charge in [-0.05, 0) is 46.7 Å². The first-order valence-corrected chi connectivity index (χ1v) is 10.8. The molecule has 34 heavy (non-hydrogen) atoms. The molecule has 0 amide bonds. The highest BCUT2D eigenvalue weighted by Crippen LogP contribution is 2.30. The lowest BCUT2D eigenvalue weighted by molar-refractivity contribution is -0.384. The number of nitro benzene ring substituents is 1. The van der Waals surface area contributed by atoms with Gasteiger partial charge in [-0.2, -0.15) is 0 Å². The average molecular weight is 474 g/mol. The molecule has 170 valence electrons. The minimum atomic E-state index is -0.520. The monoisotopic (exact) mass is 473 g/mol. The molecule has 4 aromatic carbocycles. The molecule has 0 radical (unpaired) electrons. The maximum absolute atomic E-state index is 12.7. The van der Waals surface area contributed by atoms with Crippen molar-refractivity contribution in [3.8, 4) is 11.5 Å². The predicted molar refractivity (Wildman–Crippen MR) is 133 cm³/mol. The molecule has 0 aliphatic carbocycles. The number of methoxy groups -OCH3 is 1. The second-order valence-electron chi connectivity index (χ2n) is 7.49. The molecule has 0 saturated carbocycles. The van der Waals surface area contributed by atoms with Gasteiger partial charge in [0.2, 0.25) is 0 Å². The molecule has 0 unspecified atom stereocenters. The molecule has 0 aliphatic heterocycles. The molecule has 0 fully saturated rings. The van der Waals surface area contributed by atoms with E-state index in [0.717, 1.165) is 21.9 Å². The number of ketones is 1. The van der Waals surface area contributed by atoms with Crippen molar-refractivity contribution in [3.63, 3.8) is 0 Å². The van der Waals surface area contributed by atoms with Crippen LogP contribution in [0.15, 0.2) is 84.9 Å². The summed E-state index contributed by atoms with van der Waals surface area (Å²) >= 11 is 6.11. The maximum Gasteiger partial charge on any atom is 0.271 e. The van der Waals surface area contributed by atoms with Gasteiger partial charge in [0.05, 0.1) is 17.1 Å². The van der Waals surface area contributed by atoms with Crippen LogP contribution in [-0.4, -0.2) is 17.8 Å². The van der Waals surface area contributed by atoms with Crippen LogP contribution in [0.3, 0.4) is 0 Å². The van der Waals surface area contributed by atoms with Gasteiger partial charge in [0.15, 0.2) is 5.78 Å². The molecule has 0 heterocycles. The van der Waals surface area contributed by atoms with Crippen molar-refractivity contribution in [1.82, 2.24) is 0 Å². The van der Waals surface area contributed by atoms with Crippen LogP contribution in [0.1, 0.15) is 21.5 Å². The molecule has 0 aliphatic rings. The van der Waals surface area contributed by atoms with Crippen LogP contribution in [-0.2, 0) is 6.61 Å². The molecule has 0 N–H and O–H groups in total. The smallest absolute Gasteiger partial charge is 0.271 e. The molecule has 4 aromatic rings. The Bertz CT molecular complexity index is 1410. The Morgan fingerprint density at radius 3 is 2.47 bits per heavy atom. The van der Waals surface area contributed by atoms with Crippen molar-refractivity contribution < 1.29 is 19.2 Å². The summed E-state index contributed by atoms with van der Waals surface area (Å²) in [5, 5.41) is 13.1. The van der Waals surface area contributed by atoms with Crippen molar-refractivity contribution in [2.24, 2.45) is 0 Å². The lowest BCUT2D eigenvalue weighted by Gasteiger charge is -2.12. The van der Waals surface area contributed by atoms with Crippen molar-refractivity contribution in [2.75, 3.05) is 7.11 Å². The number of fused-ring (bicyclic) bond motifs is 1. The molecule has 0 spiro atoms. The van der Waals surface area contributed by atoms with Crippen LogP contribution in [0.2, 0.25) is 5.02 Å². The van der Waals surface area contributed by atoms with Crippen LogP contribution in [0, 0.1) is 10.1 Å². The Hall–Kier alpha value is -4.16. The van der Waals surface area contributed by atoms with E-state index in [9.17, 15) is 14.9 Å². The van der Waals surface area contributed by atoms with E-state index < -0.39 is 4.92 Å². The summed E-state index contributed by atoms with van der Waals surface area (Å²) in [4.78, 5) is 23.1. The first kappa shape index (κ1) is 23.0. The summed E-state index contributed by atoms with van der Waals surface area (Å²) in [6.45, 7) is 0.126. The zero-order chi connectivity index (χ0) is 24.1. The normalized spacial score (nSPS) is 11.0. The van der Waals surface area contributed by atoms with Gasteiger partial charge in [0, 0.05) is 23.3 Å². The van der Waals surface area contributed by atoms with Crippen molar-refractivity contribution in [1.29, 1.82) is 0 Å². The number of benzene rings is 4. The lowest BCUT2D eigenvalue weighted by Crippen LogP contribution is -2.00. The van der Waals surface area contributed by atoms with Crippen molar-refractivity contribution in [3.05, 3.63) is 117 Å². The third-order valence-corrected chi connectivity index (χ3v) is 5.57. The first-order valence-electron chi connectivity index (χ1n) is 10.4. The summed E-state index contributed by atoms with van der Waals surface area (Å²) < 4.78 is 11.2. The molecule has 0 bridgehead atoms. The fourth-order valence-electron chi connectivity index (χ4n) is 3.50. The first-order chi connectivity index (χ1) is 16.4. The molecule has 4 rings (SSSR count). The summed E-state index contributed by atoms with van der Waals surface area (Å²) in [5.74, 6) is 0.829. The highest BCUT2D eigenvalue weighted by atomic mass is 35.5. The lowest BCUT2D eigenvalue weighted by atomic mass is 10.0. The number of halogens is 1. The van der Waals surface area contributed by atoms with Crippen LogP contribution < -0.4 is 9.47 Å². The van der Waals surface area contributed by atoms with Gasteiger partial charge in [-0.25, -0.2) is 0 Å². The van der Waals surface area contributed by atoms with Crippen LogP contribution in [0.25, 0.3) is 16.8 Å². The fourth-order valence-corrected chi connectivity index (χ4v) is 3.73. The minimum Gasteiger partial charge on any atom is -0.496 e. The maximum atomic E-state index is 12.7. The fraction of sp³-hybridized carbons (Fsp3) is 0.0741. The number of non-ortho nitro benzene ring substituents is 1. The van der Waals surface area contributed by atoms with Gasteiger partial charge in [-0.3, -0.25) is 14.9 Å². The van der Waals surface area contributed by atoms with E-state index in [1.54, 1.807) is 19.3 Å². The van der Waals surface area contributed by atoms with E-state index in [2.05, 4.69) is 0 Å². The number of nitrogens with zero attached hydrogens (tertiary/aromatic N) is 1. The molecule has 0 aromatic heterocycles. The Morgan fingerprint density at radius 1 is 0.971 bits per heavy atom. The molecule has 7 heteroatoms.